The number of nitrogens with zero attached hydrogens (tertiary/aromatic N) is 1. The van der Waals surface area contributed by atoms with Crippen LogP contribution in [-0.4, -0.2) is 17.4 Å². The first-order valence-electron chi connectivity index (χ1n) is 5.13. The molecule has 86 valence electrons. The van der Waals surface area contributed by atoms with Gasteiger partial charge < -0.3 is 5.32 Å². The predicted molar refractivity (Wildman–Crippen MR) is 61.3 cm³/mol. The first kappa shape index (κ1) is 12.4. The summed E-state index contributed by atoms with van der Waals surface area (Å²) in [6, 6.07) is 3.02. The summed E-state index contributed by atoms with van der Waals surface area (Å²) < 4.78 is 12.9. The van der Waals surface area contributed by atoms with Gasteiger partial charge in [-0.1, -0.05) is 6.08 Å². The van der Waals surface area contributed by atoms with E-state index in [-0.39, 0.29) is 11.7 Å². The smallest absolute Gasteiger partial charge is 0.216 e. The minimum Gasteiger partial charge on any atom is -0.356 e. The number of aromatic nitrogens is 1. The van der Waals surface area contributed by atoms with Crippen LogP contribution in [0.2, 0.25) is 0 Å². The third-order valence-corrected chi connectivity index (χ3v) is 2.02. The van der Waals surface area contributed by atoms with Crippen molar-refractivity contribution in [2.24, 2.45) is 0 Å². The van der Waals surface area contributed by atoms with E-state index in [4.69, 9.17) is 0 Å². The minimum absolute atomic E-state index is 0.0378. The molecule has 4 heteroatoms. The van der Waals surface area contributed by atoms with Crippen molar-refractivity contribution in [3.8, 4) is 0 Å². The Morgan fingerprint density at radius 1 is 1.56 bits per heavy atom. The quantitative estimate of drug-likeness (QED) is 0.792. The summed E-state index contributed by atoms with van der Waals surface area (Å²) in [5.41, 5.74) is 1.12. The summed E-state index contributed by atoms with van der Waals surface area (Å²) in [4.78, 5) is 14.6. The molecule has 0 bridgehead atoms. The Morgan fingerprint density at radius 3 is 2.94 bits per heavy atom. The molecule has 1 rings (SSSR count). The van der Waals surface area contributed by atoms with Crippen LogP contribution in [0.3, 0.4) is 0 Å². The molecule has 0 atom stereocenters. The molecule has 0 aliphatic heterocycles. The standard InChI is InChI=1S/C12H15FN2O/c1-9-12(13)7-6-11(15-9)5-3-4-8-14-10(2)16/h3,5-7H,4,8H2,1-2H3,(H,14,16). The van der Waals surface area contributed by atoms with Gasteiger partial charge in [0.2, 0.25) is 5.91 Å². The van der Waals surface area contributed by atoms with Crippen molar-refractivity contribution in [3.63, 3.8) is 0 Å². The first-order valence-corrected chi connectivity index (χ1v) is 5.13. The van der Waals surface area contributed by atoms with Crippen molar-refractivity contribution >= 4 is 12.0 Å². The summed E-state index contributed by atoms with van der Waals surface area (Å²) in [7, 11) is 0. The van der Waals surface area contributed by atoms with Crippen molar-refractivity contribution < 1.29 is 9.18 Å². The van der Waals surface area contributed by atoms with Crippen molar-refractivity contribution in [2.45, 2.75) is 20.3 Å². The normalized spacial score (nSPS) is 10.7. The van der Waals surface area contributed by atoms with Crippen molar-refractivity contribution in [2.75, 3.05) is 6.54 Å². The largest absolute Gasteiger partial charge is 0.356 e. The number of rotatable bonds is 4. The van der Waals surface area contributed by atoms with Gasteiger partial charge in [-0.05, 0) is 31.6 Å². The summed E-state index contributed by atoms with van der Waals surface area (Å²) in [5.74, 6) is -0.334. The van der Waals surface area contributed by atoms with Gasteiger partial charge in [0.15, 0.2) is 0 Å². The average molecular weight is 222 g/mol. The van der Waals surface area contributed by atoms with Gasteiger partial charge in [0, 0.05) is 13.5 Å². The van der Waals surface area contributed by atoms with Gasteiger partial charge in [-0.25, -0.2) is 4.39 Å². The van der Waals surface area contributed by atoms with Crippen LogP contribution in [-0.2, 0) is 4.79 Å². The number of halogens is 1. The molecule has 1 aromatic rings. The maximum atomic E-state index is 12.9. The molecule has 0 radical (unpaired) electrons. The molecule has 0 unspecified atom stereocenters. The summed E-state index contributed by atoms with van der Waals surface area (Å²) in [6.07, 6.45) is 4.45. The van der Waals surface area contributed by atoms with Gasteiger partial charge in [-0.2, -0.15) is 0 Å². The molecule has 1 aromatic heterocycles. The Bertz CT molecular complexity index is 402. The Morgan fingerprint density at radius 2 is 2.31 bits per heavy atom. The number of aryl methyl sites for hydroxylation is 1. The van der Waals surface area contributed by atoms with Crippen LogP contribution in [0.25, 0.3) is 6.08 Å². The zero-order valence-electron chi connectivity index (χ0n) is 9.46. The van der Waals surface area contributed by atoms with Gasteiger partial charge in [-0.15, -0.1) is 0 Å². The van der Waals surface area contributed by atoms with Crippen LogP contribution in [0.1, 0.15) is 24.7 Å². The summed E-state index contributed by atoms with van der Waals surface area (Å²) in [5, 5.41) is 2.68. The maximum absolute atomic E-state index is 12.9. The van der Waals surface area contributed by atoms with Gasteiger partial charge in [0.25, 0.3) is 0 Å². The number of nitrogens with one attached hydrogen (secondary N) is 1. The molecular weight excluding hydrogens is 207 g/mol. The van der Waals surface area contributed by atoms with E-state index in [1.165, 1.54) is 13.0 Å². The average Bonchev–Trinajstić information content (AvgIpc) is 2.22. The second kappa shape index (κ2) is 6.00. The van der Waals surface area contributed by atoms with Crippen LogP contribution in [0, 0.1) is 12.7 Å². The van der Waals surface area contributed by atoms with Crippen molar-refractivity contribution in [1.29, 1.82) is 0 Å². The zero-order valence-corrected chi connectivity index (χ0v) is 9.46. The third-order valence-electron chi connectivity index (χ3n) is 2.02. The Hall–Kier alpha value is -1.71. The van der Waals surface area contributed by atoms with Gasteiger partial charge in [0.1, 0.15) is 5.82 Å². The van der Waals surface area contributed by atoms with Crippen LogP contribution in [0.15, 0.2) is 18.2 Å². The third kappa shape index (κ3) is 4.21. The van der Waals surface area contributed by atoms with E-state index in [0.717, 1.165) is 12.1 Å². The predicted octanol–water partition coefficient (Wildman–Crippen LogP) is 2.07. The fourth-order valence-corrected chi connectivity index (χ4v) is 1.19. The van der Waals surface area contributed by atoms with Crippen LogP contribution in [0.5, 0.6) is 0 Å². The Kier molecular flexibility index (Phi) is 4.64. The van der Waals surface area contributed by atoms with Gasteiger partial charge >= 0.3 is 0 Å². The van der Waals surface area contributed by atoms with Crippen molar-refractivity contribution in [1.82, 2.24) is 10.3 Å². The highest BCUT2D eigenvalue weighted by Crippen LogP contribution is 2.05. The van der Waals surface area contributed by atoms with E-state index < -0.39 is 0 Å². The molecule has 16 heavy (non-hydrogen) atoms. The lowest BCUT2D eigenvalue weighted by Crippen LogP contribution is -2.20. The second-order valence-corrected chi connectivity index (χ2v) is 3.48. The molecule has 0 aliphatic carbocycles. The molecule has 0 aromatic carbocycles. The molecule has 3 nitrogen and oxygen atoms in total. The monoisotopic (exact) mass is 222 g/mol. The highest BCUT2D eigenvalue weighted by molar-refractivity contribution is 5.72. The van der Waals surface area contributed by atoms with Gasteiger partial charge in [0.05, 0.1) is 11.4 Å². The lowest BCUT2D eigenvalue weighted by Gasteiger charge is -1.98. The number of hydrogen-bond acceptors (Lipinski definition) is 2. The molecule has 1 heterocycles. The Balaban J connectivity index is 2.44. The highest BCUT2D eigenvalue weighted by atomic mass is 19.1. The van der Waals surface area contributed by atoms with Crippen molar-refractivity contribution in [3.05, 3.63) is 35.4 Å². The zero-order chi connectivity index (χ0) is 12.0. The Labute approximate surface area is 94.4 Å². The fraction of sp³-hybridized carbons (Fsp3) is 0.333. The van der Waals surface area contributed by atoms with Crippen LogP contribution >= 0.6 is 0 Å². The lowest BCUT2D eigenvalue weighted by atomic mass is 10.2. The number of carbonyl (C=O) groups is 1. The molecular formula is C12H15FN2O. The molecule has 1 N–H and O–H groups in total. The molecule has 0 aliphatic rings. The number of pyridine rings is 1. The summed E-state index contributed by atoms with van der Waals surface area (Å²) >= 11 is 0. The number of amides is 1. The van der Waals surface area contributed by atoms with E-state index in [2.05, 4.69) is 10.3 Å². The van der Waals surface area contributed by atoms with E-state index in [1.807, 2.05) is 12.2 Å². The first-order chi connectivity index (χ1) is 7.59. The van der Waals surface area contributed by atoms with E-state index in [1.54, 1.807) is 13.0 Å². The van der Waals surface area contributed by atoms with E-state index in [9.17, 15) is 9.18 Å². The number of carbonyl (C=O) groups excluding carboxylic acids is 1. The van der Waals surface area contributed by atoms with E-state index in [0.29, 0.717) is 12.2 Å². The second-order valence-electron chi connectivity index (χ2n) is 3.48. The number of hydrogen-bond donors (Lipinski definition) is 1. The van der Waals surface area contributed by atoms with Gasteiger partial charge in [-0.3, -0.25) is 9.78 Å². The minimum atomic E-state index is -0.296. The maximum Gasteiger partial charge on any atom is 0.216 e. The molecule has 0 spiro atoms. The molecule has 0 fully saturated rings. The fourth-order valence-electron chi connectivity index (χ4n) is 1.19. The van der Waals surface area contributed by atoms with E-state index >= 15 is 0 Å². The molecule has 0 saturated carbocycles. The lowest BCUT2D eigenvalue weighted by molar-refractivity contribution is -0.118. The highest BCUT2D eigenvalue weighted by Gasteiger charge is 1.97. The molecule has 1 amide bonds. The molecule has 0 saturated heterocycles. The summed E-state index contributed by atoms with van der Waals surface area (Å²) in [6.45, 7) is 3.71. The van der Waals surface area contributed by atoms with Crippen LogP contribution in [0.4, 0.5) is 4.39 Å². The SMILES string of the molecule is CC(=O)NCCC=Cc1ccc(F)c(C)n1. The van der Waals surface area contributed by atoms with Crippen LogP contribution < -0.4 is 5.32 Å². The topological polar surface area (TPSA) is 42.0 Å².